The van der Waals surface area contributed by atoms with Gasteiger partial charge in [0.15, 0.2) is 0 Å². The second-order valence-corrected chi connectivity index (χ2v) is 9.27. The number of sulfonamides is 1. The summed E-state index contributed by atoms with van der Waals surface area (Å²) in [6, 6.07) is 18.1. The fourth-order valence-corrected chi connectivity index (χ4v) is 4.86. The summed E-state index contributed by atoms with van der Waals surface area (Å²) in [6.07, 6.45) is 0. The highest BCUT2D eigenvalue weighted by Gasteiger charge is 2.28. The van der Waals surface area contributed by atoms with Crippen LogP contribution in [0.5, 0.6) is 0 Å². The Balaban J connectivity index is 1.98. The Morgan fingerprint density at radius 1 is 0.938 bits per heavy atom. The molecule has 3 rings (SSSR count). The molecule has 1 N–H and O–H groups in total. The van der Waals surface area contributed by atoms with Crippen molar-refractivity contribution < 1.29 is 22.7 Å². The van der Waals surface area contributed by atoms with E-state index >= 15 is 0 Å². The predicted octanol–water partition coefficient (Wildman–Crippen LogP) is 4.61. The highest BCUT2D eigenvalue weighted by molar-refractivity contribution is 7.92. The Bertz CT molecular complexity index is 1230. The molecule has 0 unspecified atom stereocenters. The molecule has 0 aliphatic carbocycles. The summed E-state index contributed by atoms with van der Waals surface area (Å²) in [7, 11) is -2.92. The summed E-state index contributed by atoms with van der Waals surface area (Å²) >= 11 is 12.1. The van der Waals surface area contributed by atoms with E-state index in [0.717, 1.165) is 4.31 Å². The number of rotatable bonds is 7. The fraction of sp³-hybridized carbons (Fsp3) is 0.0909. The normalized spacial score (nSPS) is 11.0. The van der Waals surface area contributed by atoms with E-state index < -0.39 is 28.4 Å². The third-order valence-electron chi connectivity index (χ3n) is 4.36. The van der Waals surface area contributed by atoms with Gasteiger partial charge in [0.05, 0.1) is 28.9 Å². The van der Waals surface area contributed by atoms with E-state index in [4.69, 9.17) is 27.9 Å². The molecule has 0 fully saturated rings. The van der Waals surface area contributed by atoms with Crippen molar-refractivity contribution in [2.75, 3.05) is 23.3 Å². The van der Waals surface area contributed by atoms with Crippen molar-refractivity contribution in [3.63, 3.8) is 0 Å². The number of ether oxygens (including phenoxy) is 1. The minimum absolute atomic E-state index is 0.0149. The Morgan fingerprint density at radius 3 is 2.16 bits per heavy atom. The molecule has 0 aromatic heterocycles. The van der Waals surface area contributed by atoms with Crippen LogP contribution in [-0.2, 0) is 19.6 Å². The molecule has 0 aliphatic rings. The van der Waals surface area contributed by atoms with Crippen LogP contribution in [-0.4, -0.2) is 33.9 Å². The fourth-order valence-electron chi connectivity index (χ4n) is 2.92. The van der Waals surface area contributed by atoms with Crippen molar-refractivity contribution in [3.8, 4) is 0 Å². The number of esters is 1. The van der Waals surface area contributed by atoms with Crippen LogP contribution in [0.25, 0.3) is 0 Å². The quantitative estimate of drug-likeness (QED) is 0.485. The van der Waals surface area contributed by atoms with E-state index in [1.54, 1.807) is 30.3 Å². The molecule has 0 saturated carbocycles. The molecular weight excluding hydrogens is 475 g/mol. The average Bonchev–Trinajstić information content (AvgIpc) is 2.77. The van der Waals surface area contributed by atoms with Crippen LogP contribution in [0.1, 0.15) is 10.4 Å². The third-order valence-corrected chi connectivity index (χ3v) is 6.58. The van der Waals surface area contributed by atoms with Crippen LogP contribution in [0.3, 0.4) is 0 Å². The van der Waals surface area contributed by atoms with E-state index in [1.165, 1.54) is 49.6 Å². The lowest BCUT2D eigenvalue weighted by atomic mass is 10.2. The van der Waals surface area contributed by atoms with Crippen molar-refractivity contribution >= 4 is 56.5 Å². The zero-order valence-corrected chi connectivity index (χ0v) is 19.1. The summed E-state index contributed by atoms with van der Waals surface area (Å²) in [5, 5.41) is 2.98. The number of anilines is 2. The van der Waals surface area contributed by atoms with E-state index in [0.29, 0.717) is 0 Å². The van der Waals surface area contributed by atoms with Gasteiger partial charge in [0.2, 0.25) is 5.91 Å². The summed E-state index contributed by atoms with van der Waals surface area (Å²) in [5.41, 5.74) is 0.430. The second kappa shape index (κ2) is 10.0. The molecule has 0 spiro atoms. The Hall–Kier alpha value is -3.07. The lowest BCUT2D eigenvalue weighted by molar-refractivity contribution is -0.114. The van der Waals surface area contributed by atoms with Crippen LogP contribution in [0, 0.1) is 0 Å². The SMILES string of the molecule is COC(=O)c1ccccc1NC(=O)CN(c1cc(Cl)cc(Cl)c1)S(=O)(=O)c1ccccc1. The molecule has 0 heterocycles. The first-order chi connectivity index (χ1) is 15.2. The minimum atomic E-state index is -4.14. The van der Waals surface area contributed by atoms with Crippen LogP contribution in [0.4, 0.5) is 11.4 Å². The van der Waals surface area contributed by atoms with Gasteiger partial charge in [-0.15, -0.1) is 0 Å². The van der Waals surface area contributed by atoms with Gasteiger partial charge in [-0.1, -0.05) is 53.5 Å². The van der Waals surface area contributed by atoms with Crippen LogP contribution < -0.4 is 9.62 Å². The molecule has 0 saturated heterocycles. The number of halogens is 2. The maximum atomic E-state index is 13.4. The molecule has 1 amide bonds. The molecule has 166 valence electrons. The maximum Gasteiger partial charge on any atom is 0.339 e. The summed E-state index contributed by atoms with van der Waals surface area (Å²) in [5.74, 6) is -1.33. The Labute approximate surface area is 195 Å². The van der Waals surface area contributed by atoms with Crippen molar-refractivity contribution in [2.24, 2.45) is 0 Å². The second-order valence-electron chi connectivity index (χ2n) is 6.54. The largest absolute Gasteiger partial charge is 0.465 e. The van der Waals surface area contributed by atoms with Gasteiger partial charge in [0.25, 0.3) is 10.0 Å². The number of carbonyl (C=O) groups excluding carboxylic acids is 2. The number of hydrogen-bond acceptors (Lipinski definition) is 5. The number of nitrogens with zero attached hydrogens (tertiary/aromatic N) is 1. The molecule has 32 heavy (non-hydrogen) atoms. The van der Waals surface area contributed by atoms with Gasteiger partial charge in [-0.05, 0) is 42.5 Å². The van der Waals surface area contributed by atoms with Crippen molar-refractivity contribution in [3.05, 3.63) is 88.4 Å². The minimum Gasteiger partial charge on any atom is -0.465 e. The molecule has 10 heteroatoms. The molecule has 0 bridgehead atoms. The first-order valence-electron chi connectivity index (χ1n) is 9.23. The van der Waals surface area contributed by atoms with Gasteiger partial charge < -0.3 is 10.1 Å². The van der Waals surface area contributed by atoms with E-state index in [-0.39, 0.29) is 31.9 Å². The van der Waals surface area contributed by atoms with Crippen LogP contribution in [0.2, 0.25) is 10.0 Å². The Kier molecular flexibility index (Phi) is 7.40. The van der Waals surface area contributed by atoms with Crippen molar-refractivity contribution in [1.29, 1.82) is 0 Å². The maximum absolute atomic E-state index is 13.4. The van der Waals surface area contributed by atoms with E-state index in [1.807, 2.05) is 0 Å². The first kappa shape index (κ1) is 23.6. The summed E-state index contributed by atoms with van der Waals surface area (Å²) in [6.45, 7) is -0.594. The number of methoxy groups -OCH3 is 1. The molecule has 0 atom stereocenters. The van der Waals surface area contributed by atoms with E-state index in [2.05, 4.69) is 5.32 Å². The van der Waals surface area contributed by atoms with Gasteiger partial charge in [-0.2, -0.15) is 0 Å². The summed E-state index contributed by atoms with van der Waals surface area (Å²) < 4.78 is 32.3. The van der Waals surface area contributed by atoms with Crippen molar-refractivity contribution in [2.45, 2.75) is 4.90 Å². The number of nitrogens with one attached hydrogen (secondary N) is 1. The zero-order valence-electron chi connectivity index (χ0n) is 16.8. The smallest absolute Gasteiger partial charge is 0.339 e. The lowest BCUT2D eigenvalue weighted by Gasteiger charge is -2.24. The Morgan fingerprint density at radius 2 is 1.53 bits per heavy atom. The number of benzene rings is 3. The third kappa shape index (κ3) is 5.40. The van der Waals surface area contributed by atoms with Gasteiger partial charge in [-0.25, -0.2) is 13.2 Å². The molecule has 0 radical (unpaired) electrons. The molecular formula is C22H18Cl2N2O5S. The highest BCUT2D eigenvalue weighted by atomic mass is 35.5. The van der Waals surface area contributed by atoms with Crippen LogP contribution in [0.15, 0.2) is 77.7 Å². The lowest BCUT2D eigenvalue weighted by Crippen LogP contribution is -2.38. The number of hydrogen-bond donors (Lipinski definition) is 1. The van der Waals surface area contributed by atoms with Gasteiger partial charge in [0.1, 0.15) is 6.54 Å². The van der Waals surface area contributed by atoms with Gasteiger partial charge in [-0.3, -0.25) is 9.10 Å². The average molecular weight is 493 g/mol. The summed E-state index contributed by atoms with van der Waals surface area (Å²) in [4.78, 5) is 24.8. The highest BCUT2D eigenvalue weighted by Crippen LogP contribution is 2.30. The van der Waals surface area contributed by atoms with Gasteiger partial charge in [0, 0.05) is 10.0 Å². The predicted molar refractivity (Wildman–Crippen MR) is 124 cm³/mol. The van der Waals surface area contributed by atoms with Gasteiger partial charge >= 0.3 is 5.97 Å². The first-order valence-corrected chi connectivity index (χ1v) is 11.4. The molecule has 3 aromatic rings. The number of para-hydroxylation sites is 1. The topological polar surface area (TPSA) is 92.8 Å². The number of carbonyl (C=O) groups is 2. The monoisotopic (exact) mass is 492 g/mol. The van der Waals surface area contributed by atoms with Crippen LogP contribution >= 0.6 is 23.2 Å². The molecule has 7 nitrogen and oxygen atoms in total. The molecule has 0 aliphatic heterocycles. The number of amides is 1. The molecule has 3 aromatic carbocycles. The zero-order chi connectivity index (χ0) is 23.3. The van der Waals surface area contributed by atoms with Crippen molar-refractivity contribution in [1.82, 2.24) is 0 Å². The standard InChI is InChI=1S/C22H18Cl2N2O5S/c1-31-22(28)19-9-5-6-10-20(19)25-21(27)14-26(17-12-15(23)11-16(24)13-17)32(29,30)18-7-3-2-4-8-18/h2-13H,14H2,1H3,(H,25,27). The van der Waals surface area contributed by atoms with E-state index in [9.17, 15) is 18.0 Å².